The third kappa shape index (κ3) is 3.99. The zero-order valence-electron chi connectivity index (χ0n) is 13.6. The Balaban J connectivity index is 2.19. The highest BCUT2D eigenvalue weighted by Crippen LogP contribution is 2.34. The van der Waals surface area contributed by atoms with Crippen LogP contribution in [0.25, 0.3) is 0 Å². The number of nitrogens with zero attached hydrogens (tertiary/aromatic N) is 1. The van der Waals surface area contributed by atoms with Gasteiger partial charge < -0.3 is 15.0 Å². The standard InChI is InChI=1S/C17H27BrN2O/c1-5-8-19-13(2)14-6-7-16(15(18)11-14)20-9-10-21-12-17(20,3)4/h6-7,11,13,19H,5,8-10,12H2,1-4H3. The predicted molar refractivity (Wildman–Crippen MR) is 93.1 cm³/mol. The highest BCUT2D eigenvalue weighted by molar-refractivity contribution is 9.10. The monoisotopic (exact) mass is 354 g/mol. The van der Waals surface area contributed by atoms with Crippen LogP contribution in [0.3, 0.4) is 0 Å². The summed E-state index contributed by atoms with van der Waals surface area (Å²) in [6.07, 6.45) is 1.16. The average Bonchev–Trinajstić information content (AvgIpc) is 2.45. The topological polar surface area (TPSA) is 24.5 Å². The molecule has 3 nitrogen and oxygen atoms in total. The van der Waals surface area contributed by atoms with Crippen molar-refractivity contribution in [2.24, 2.45) is 0 Å². The van der Waals surface area contributed by atoms with E-state index in [-0.39, 0.29) is 5.54 Å². The van der Waals surface area contributed by atoms with Gasteiger partial charge in [0.05, 0.1) is 24.4 Å². The van der Waals surface area contributed by atoms with E-state index in [0.717, 1.165) is 32.7 Å². The third-order valence-electron chi connectivity index (χ3n) is 4.11. The van der Waals surface area contributed by atoms with Gasteiger partial charge in [-0.05, 0) is 67.4 Å². The molecule has 0 saturated carbocycles. The Hall–Kier alpha value is -0.580. The number of benzene rings is 1. The molecule has 0 aliphatic carbocycles. The molecular formula is C17H27BrN2O. The molecule has 0 amide bonds. The second kappa shape index (κ2) is 7.12. The normalized spacial score (nSPS) is 19.6. The Kier molecular flexibility index (Phi) is 5.69. The summed E-state index contributed by atoms with van der Waals surface area (Å²) in [5.41, 5.74) is 2.62. The lowest BCUT2D eigenvalue weighted by molar-refractivity contribution is 0.0643. The molecule has 1 aromatic rings. The number of hydrogen-bond donors (Lipinski definition) is 1. The highest BCUT2D eigenvalue weighted by Gasteiger charge is 2.31. The number of halogens is 1. The van der Waals surface area contributed by atoms with Gasteiger partial charge in [-0.15, -0.1) is 0 Å². The molecule has 0 spiro atoms. The molecule has 1 fully saturated rings. The molecule has 1 atom stereocenters. The maximum atomic E-state index is 5.62. The molecule has 1 saturated heterocycles. The number of morpholine rings is 1. The molecule has 0 aromatic heterocycles. The summed E-state index contributed by atoms with van der Waals surface area (Å²) in [7, 11) is 0. The average molecular weight is 355 g/mol. The fourth-order valence-electron chi connectivity index (χ4n) is 2.79. The molecule has 1 unspecified atom stereocenters. The molecule has 2 rings (SSSR count). The summed E-state index contributed by atoms with van der Waals surface area (Å²) in [6, 6.07) is 7.09. The van der Waals surface area contributed by atoms with Crippen LogP contribution in [0.1, 0.15) is 45.7 Å². The maximum absolute atomic E-state index is 5.62. The van der Waals surface area contributed by atoms with Crippen LogP contribution in [0.5, 0.6) is 0 Å². The van der Waals surface area contributed by atoms with Crippen LogP contribution in [0.15, 0.2) is 22.7 Å². The first kappa shape index (κ1) is 16.8. The summed E-state index contributed by atoms with van der Waals surface area (Å²) < 4.78 is 6.78. The first-order valence-electron chi connectivity index (χ1n) is 7.84. The van der Waals surface area contributed by atoms with Gasteiger partial charge in [-0.25, -0.2) is 0 Å². The van der Waals surface area contributed by atoms with Gasteiger partial charge in [-0.3, -0.25) is 0 Å². The summed E-state index contributed by atoms with van der Waals surface area (Å²) in [5.74, 6) is 0. The molecule has 4 heteroatoms. The van der Waals surface area contributed by atoms with Gasteiger partial charge in [0, 0.05) is 17.1 Å². The Morgan fingerprint density at radius 1 is 1.43 bits per heavy atom. The Morgan fingerprint density at radius 2 is 2.19 bits per heavy atom. The Labute approximate surface area is 137 Å². The van der Waals surface area contributed by atoms with Crippen molar-refractivity contribution in [1.29, 1.82) is 0 Å². The van der Waals surface area contributed by atoms with E-state index in [1.165, 1.54) is 15.7 Å². The second-order valence-electron chi connectivity index (χ2n) is 6.40. The Bertz CT molecular complexity index is 476. The first-order valence-corrected chi connectivity index (χ1v) is 8.63. The highest BCUT2D eigenvalue weighted by atomic mass is 79.9. The smallest absolute Gasteiger partial charge is 0.0694 e. The van der Waals surface area contributed by atoms with E-state index >= 15 is 0 Å². The maximum Gasteiger partial charge on any atom is 0.0694 e. The van der Waals surface area contributed by atoms with E-state index in [4.69, 9.17) is 4.74 Å². The SMILES string of the molecule is CCCNC(C)c1ccc(N2CCOCC2(C)C)c(Br)c1. The fourth-order valence-corrected chi connectivity index (χ4v) is 3.41. The van der Waals surface area contributed by atoms with Crippen molar-refractivity contribution < 1.29 is 4.74 Å². The number of rotatable bonds is 5. The summed E-state index contributed by atoms with van der Waals surface area (Å²) in [4.78, 5) is 2.44. The lowest BCUT2D eigenvalue weighted by atomic mass is 10.0. The zero-order valence-corrected chi connectivity index (χ0v) is 15.2. The minimum Gasteiger partial charge on any atom is -0.377 e. The van der Waals surface area contributed by atoms with Crippen molar-refractivity contribution in [3.05, 3.63) is 28.2 Å². The van der Waals surface area contributed by atoms with Crippen molar-refractivity contribution in [2.45, 2.75) is 45.7 Å². The van der Waals surface area contributed by atoms with Crippen LogP contribution in [0.2, 0.25) is 0 Å². The van der Waals surface area contributed by atoms with Crippen LogP contribution in [0, 0.1) is 0 Å². The summed E-state index contributed by atoms with van der Waals surface area (Å²) in [5, 5.41) is 3.54. The second-order valence-corrected chi connectivity index (χ2v) is 7.26. The lowest BCUT2D eigenvalue weighted by Gasteiger charge is -2.44. The molecule has 0 bridgehead atoms. The van der Waals surface area contributed by atoms with E-state index in [2.05, 4.69) is 72.0 Å². The quantitative estimate of drug-likeness (QED) is 0.860. The number of ether oxygens (including phenoxy) is 1. The molecule has 1 aromatic carbocycles. The molecule has 21 heavy (non-hydrogen) atoms. The molecule has 1 aliphatic heterocycles. The minimum atomic E-state index is 0.0361. The first-order chi connectivity index (χ1) is 9.95. The molecule has 1 N–H and O–H groups in total. The van der Waals surface area contributed by atoms with E-state index in [9.17, 15) is 0 Å². The van der Waals surface area contributed by atoms with E-state index < -0.39 is 0 Å². The van der Waals surface area contributed by atoms with Gasteiger partial charge in [-0.1, -0.05) is 13.0 Å². The predicted octanol–water partition coefficient (Wildman–Crippen LogP) is 4.12. The Morgan fingerprint density at radius 3 is 2.81 bits per heavy atom. The van der Waals surface area contributed by atoms with Crippen LogP contribution in [0.4, 0.5) is 5.69 Å². The van der Waals surface area contributed by atoms with Gasteiger partial charge >= 0.3 is 0 Å². The third-order valence-corrected chi connectivity index (χ3v) is 4.74. The zero-order chi connectivity index (χ0) is 15.5. The molecule has 1 heterocycles. The van der Waals surface area contributed by atoms with Crippen molar-refractivity contribution in [1.82, 2.24) is 5.32 Å². The van der Waals surface area contributed by atoms with Gasteiger partial charge in [0.15, 0.2) is 0 Å². The summed E-state index contributed by atoms with van der Waals surface area (Å²) in [6.45, 7) is 12.4. The molecule has 1 aliphatic rings. The van der Waals surface area contributed by atoms with Gasteiger partial charge in [-0.2, -0.15) is 0 Å². The molecule has 118 valence electrons. The molecule has 0 radical (unpaired) electrons. The van der Waals surface area contributed by atoms with Crippen LogP contribution < -0.4 is 10.2 Å². The number of anilines is 1. The van der Waals surface area contributed by atoms with Crippen molar-refractivity contribution in [2.75, 3.05) is 31.2 Å². The number of nitrogens with one attached hydrogen (secondary N) is 1. The van der Waals surface area contributed by atoms with Gasteiger partial charge in [0.2, 0.25) is 0 Å². The van der Waals surface area contributed by atoms with Gasteiger partial charge in [0.25, 0.3) is 0 Å². The van der Waals surface area contributed by atoms with Crippen LogP contribution >= 0.6 is 15.9 Å². The fraction of sp³-hybridized carbons (Fsp3) is 0.647. The van der Waals surface area contributed by atoms with E-state index in [1.54, 1.807) is 0 Å². The lowest BCUT2D eigenvalue weighted by Crippen LogP contribution is -2.53. The minimum absolute atomic E-state index is 0.0361. The van der Waals surface area contributed by atoms with E-state index in [1.807, 2.05) is 0 Å². The van der Waals surface area contributed by atoms with Crippen LogP contribution in [-0.4, -0.2) is 31.8 Å². The van der Waals surface area contributed by atoms with Crippen molar-refractivity contribution in [3.8, 4) is 0 Å². The van der Waals surface area contributed by atoms with Gasteiger partial charge in [0.1, 0.15) is 0 Å². The van der Waals surface area contributed by atoms with Crippen LogP contribution in [-0.2, 0) is 4.74 Å². The molecular weight excluding hydrogens is 328 g/mol. The van der Waals surface area contributed by atoms with Crippen molar-refractivity contribution >= 4 is 21.6 Å². The van der Waals surface area contributed by atoms with E-state index in [0.29, 0.717) is 6.04 Å². The summed E-state index contributed by atoms with van der Waals surface area (Å²) >= 11 is 3.76. The number of hydrogen-bond acceptors (Lipinski definition) is 3. The van der Waals surface area contributed by atoms with Crippen molar-refractivity contribution in [3.63, 3.8) is 0 Å². The largest absolute Gasteiger partial charge is 0.377 e.